The minimum Gasteiger partial charge on any atom is -0.250 e. The lowest BCUT2D eigenvalue weighted by atomic mass is 10.3. The van der Waals surface area contributed by atoms with Crippen molar-refractivity contribution < 1.29 is 0 Å². The van der Waals surface area contributed by atoms with E-state index in [1.807, 2.05) is 0 Å². The number of rotatable bonds is 2. The van der Waals surface area contributed by atoms with Gasteiger partial charge in [-0.2, -0.15) is 0 Å². The summed E-state index contributed by atoms with van der Waals surface area (Å²) >= 11 is 0. The van der Waals surface area contributed by atoms with Crippen molar-refractivity contribution in [3.05, 3.63) is 0 Å². The lowest BCUT2D eigenvalue weighted by molar-refractivity contribution is 0.761. The average molecular weight is 225 g/mol. The van der Waals surface area contributed by atoms with Gasteiger partial charge < -0.3 is 0 Å². The van der Waals surface area contributed by atoms with Gasteiger partial charge in [-0.05, 0) is 27.8 Å². The lowest BCUT2D eigenvalue weighted by Gasteiger charge is -2.31. The second-order valence-electron chi connectivity index (χ2n) is 5.09. The van der Waals surface area contributed by atoms with Crippen molar-refractivity contribution in [1.82, 2.24) is 4.21 Å². The first kappa shape index (κ1) is 13.2. The molecule has 0 rings (SSSR count). The summed E-state index contributed by atoms with van der Waals surface area (Å²) in [5.41, 5.74) is 0. The van der Waals surface area contributed by atoms with Gasteiger partial charge in [0.15, 0.2) is 0 Å². The molecule has 1 nitrogen and oxygen atoms in total. The van der Waals surface area contributed by atoms with Gasteiger partial charge in [-0.3, -0.25) is 0 Å². The van der Waals surface area contributed by atoms with Crippen LogP contribution in [0.1, 0.15) is 41.5 Å². The first-order chi connectivity index (χ1) is 5.10. The molecule has 3 unspecified atom stereocenters. The highest BCUT2D eigenvalue weighted by Crippen LogP contribution is 2.49. The Hall–Kier alpha value is 1.25. The van der Waals surface area contributed by atoms with Gasteiger partial charge in [-0.25, -0.2) is 4.21 Å². The summed E-state index contributed by atoms with van der Waals surface area (Å²) < 4.78 is 2.39. The third kappa shape index (κ3) is 9.34. The molecule has 0 fully saturated rings. The smallest absolute Gasteiger partial charge is 0.00689 e. The van der Waals surface area contributed by atoms with Gasteiger partial charge in [0.05, 0.1) is 0 Å². The molecule has 3 atom stereocenters. The van der Waals surface area contributed by atoms with E-state index in [2.05, 4.69) is 55.1 Å². The maximum atomic E-state index is 2.84. The molecule has 12 heavy (non-hydrogen) atoms. The van der Waals surface area contributed by atoms with Crippen LogP contribution in [0.2, 0.25) is 0 Å². The highest BCUT2D eigenvalue weighted by Gasteiger charge is 2.18. The zero-order valence-corrected chi connectivity index (χ0v) is 12.2. The summed E-state index contributed by atoms with van der Waals surface area (Å²) in [6, 6.07) is 0. The van der Waals surface area contributed by atoms with Crippen LogP contribution in [0.4, 0.5) is 0 Å². The van der Waals surface area contributed by atoms with Gasteiger partial charge in [0.2, 0.25) is 0 Å². The second kappa shape index (κ2) is 4.65. The number of hydrogen-bond acceptors (Lipinski definition) is 1. The fourth-order valence-corrected chi connectivity index (χ4v) is 6.76. The Morgan fingerprint density at radius 1 is 0.833 bits per heavy atom. The van der Waals surface area contributed by atoms with Crippen LogP contribution in [0.5, 0.6) is 0 Å². The predicted octanol–water partition coefficient (Wildman–Crippen LogP) is 3.86. The molecule has 0 heterocycles. The van der Waals surface area contributed by atoms with Crippen molar-refractivity contribution >= 4 is 26.9 Å². The summed E-state index contributed by atoms with van der Waals surface area (Å²) in [6.07, 6.45) is 0. The van der Waals surface area contributed by atoms with E-state index in [4.69, 9.17) is 0 Å². The molecule has 0 amide bonds. The first-order valence-corrected chi connectivity index (χ1v) is 6.62. The van der Waals surface area contributed by atoms with Crippen LogP contribution < -0.4 is 0 Å². The van der Waals surface area contributed by atoms with E-state index in [0.29, 0.717) is 10.3 Å². The molecule has 0 radical (unpaired) electrons. The molecule has 0 aliphatic rings. The van der Waals surface area contributed by atoms with Gasteiger partial charge in [0.1, 0.15) is 0 Å². The molecule has 0 saturated carbocycles. The molecule has 0 N–H and O–H groups in total. The van der Waals surface area contributed by atoms with Gasteiger partial charge >= 0.3 is 0 Å². The SMILES string of the molecule is CC(C)(C)PN(P)PC(C)(C)C. The quantitative estimate of drug-likeness (QED) is 0.645. The molecule has 0 aliphatic carbocycles. The van der Waals surface area contributed by atoms with Crippen LogP contribution in [0, 0.1) is 0 Å². The third-order valence-electron chi connectivity index (χ3n) is 0.912. The molecule has 0 aromatic carbocycles. The Kier molecular flexibility index (Phi) is 5.14. The Bertz CT molecular complexity index is 118. The maximum Gasteiger partial charge on any atom is -0.00689 e. The first-order valence-electron chi connectivity index (χ1n) is 4.21. The molecule has 0 bridgehead atoms. The van der Waals surface area contributed by atoms with Crippen molar-refractivity contribution in [3.63, 3.8) is 0 Å². The van der Waals surface area contributed by atoms with Crippen LogP contribution in [0.3, 0.4) is 0 Å². The van der Waals surface area contributed by atoms with Gasteiger partial charge in [0.25, 0.3) is 0 Å². The monoisotopic (exact) mass is 225 g/mol. The maximum absolute atomic E-state index is 2.84. The van der Waals surface area contributed by atoms with E-state index >= 15 is 0 Å². The Labute approximate surface area is 83.4 Å². The summed E-state index contributed by atoms with van der Waals surface area (Å²) in [5, 5.41) is 0.861. The molecule has 0 aromatic heterocycles. The van der Waals surface area contributed by atoms with E-state index in [1.165, 1.54) is 0 Å². The molecular formula is C8H22NP3. The molecule has 74 valence electrons. The van der Waals surface area contributed by atoms with Gasteiger partial charge in [-0.1, -0.05) is 50.9 Å². The van der Waals surface area contributed by atoms with Crippen LogP contribution >= 0.6 is 26.9 Å². The van der Waals surface area contributed by atoms with Crippen molar-refractivity contribution in [2.45, 2.75) is 51.9 Å². The summed E-state index contributed by atoms with van der Waals surface area (Å²) in [5.74, 6) is 0. The van der Waals surface area contributed by atoms with Gasteiger partial charge in [0, 0.05) is 0 Å². The topological polar surface area (TPSA) is 3.24 Å². The Balaban J connectivity index is 3.83. The Morgan fingerprint density at radius 2 is 1.08 bits per heavy atom. The molecule has 0 aliphatic heterocycles. The zero-order valence-electron chi connectivity index (χ0n) is 9.02. The highest BCUT2D eigenvalue weighted by molar-refractivity contribution is 7.62. The summed E-state index contributed by atoms with van der Waals surface area (Å²) in [6.45, 7) is 13.7. The van der Waals surface area contributed by atoms with Crippen LogP contribution in [0.25, 0.3) is 0 Å². The number of nitrogens with zero attached hydrogens (tertiary/aromatic N) is 1. The van der Waals surface area contributed by atoms with Gasteiger partial charge in [-0.15, -0.1) is 0 Å². The minimum atomic E-state index is 0.431. The minimum absolute atomic E-state index is 0.431. The van der Waals surface area contributed by atoms with Crippen molar-refractivity contribution in [3.8, 4) is 0 Å². The van der Waals surface area contributed by atoms with E-state index in [-0.39, 0.29) is 0 Å². The standard InChI is InChI=1S/C8H22NP3/c1-7(2,3)11-9(10)12-8(4,5)6/h11-12H,10H2,1-6H3. The summed E-state index contributed by atoms with van der Waals surface area (Å²) in [4.78, 5) is 0. The molecule has 4 heteroatoms. The van der Waals surface area contributed by atoms with Crippen molar-refractivity contribution in [2.75, 3.05) is 0 Å². The van der Waals surface area contributed by atoms with Crippen LogP contribution in [0.15, 0.2) is 0 Å². The summed E-state index contributed by atoms with van der Waals surface area (Å²) in [7, 11) is 4.64. The lowest BCUT2D eigenvalue weighted by Crippen LogP contribution is -2.13. The average Bonchev–Trinajstić information content (AvgIpc) is 1.49. The Morgan fingerprint density at radius 3 is 1.25 bits per heavy atom. The fraction of sp³-hybridized carbons (Fsp3) is 1.00. The molecule has 0 spiro atoms. The highest BCUT2D eigenvalue weighted by atomic mass is 31.2. The van der Waals surface area contributed by atoms with Crippen LogP contribution in [-0.4, -0.2) is 14.5 Å². The normalized spacial score (nSPS) is 16.0. The largest absolute Gasteiger partial charge is 0.250 e. The number of hydrogen-bond donors (Lipinski definition) is 0. The van der Waals surface area contributed by atoms with Crippen molar-refractivity contribution in [2.24, 2.45) is 0 Å². The van der Waals surface area contributed by atoms with E-state index in [9.17, 15) is 0 Å². The van der Waals surface area contributed by atoms with Crippen LogP contribution in [-0.2, 0) is 0 Å². The zero-order chi connectivity index (χ0) is 9.99. The fourth-order valence-electron chi connectivity index (χ4n) is 0.751. The third-order valence-corrected chi connectivity index (χ3v) is 4.18. The van der Waals surface area contributed by atoms with E-state index in [0.717, 1.165) is 17.5 Å². The van der Waals surface area contributed by atoms with Crippen molar-refractivity contribution in [1.29, 1.82) is 0 Å². The molecule has 0 aromatic rings. The molecular weight excluding hydrogens is 203 g/mol. The van der Waals surface area contributed by atoms with E-state index in [1.54, 1.807) is 0 Å². The second-order valence-corrected chi connectivity index (χ2v) is 11.5. The predicted molar refractivity (Wildman–Crippen MR) is 67.7 cm³/mol. The van der Waals surface area contributed by atoms with E-state index < -0.39 is 0 Å². The molecule has 0 saturated heterocycles.